The minimum absolute atomic E-state index is 0.00522. The lowest BCUT2D eigenvalue weighted by Crippen LogP contribution is -2.37. The SMILES string of the molecule is CC(=O)NC1CCN(CC(=O)Nc2ccc(C3CCCCC3)cc2)C1. The second-order valence-corrected chi connectivity index (χ2v) is 7.43. The Bertz CT molecular complexity index is 593. The molecule has 2 amide bonds. The van der Waals surface area contributed by atoms with Gasteiger partial charge < -0.3 is 10.6 Å². The van der Waals surface area contributed by atoms with Crippen LogP contribution in [0.3, 0.4) is 0 Å². The molecular weight excluding hydrogens is 314 g/mol. The Morgan fingerprint density at radius 3 is 2.48 bits per heavy atom. The number of anilines is 1. The van der Waals surface area contributed by atoms with E-state index in [1.807, 2.05) is 12.1 Å². The molecule has 1 saturated carbocycles. The van der Waals surface area contributed by atoms with E-state index >= 15 is 0 Å². The van der Waals surface area contributed by atoms with Gasteiger partial charge in [0, 0.05) is 31.7 Å². The molecule has 25 heavy (non-hydrogen) atoms. The summed E-state index contributed by atoms with van der Waals surface area (Å²) >= 11 is 0. The van der Waals surface area contributed by atoms with Crippen molar-refractivity contribution in [3.05, 3.63) is 29.8 Å². The number of hydrogen-bond acceptors (Lipinski definition) is 3. The fourth-order valence-corrected chi connectivity index (χ4v) is 4.06. The highest BCUT2D eigenvalue weighted by Crippen LogP contribution is 2.32. The van der Waals surface area contributed by atoms with Crippen LogP contribution in [0.15, 0.2) is 24.3 Å². The molecule has 0 spiro atoms. The summed E-state index contributed by atoms with van der Waals surface area (Å²) in [5.74, 6) is 0.692. The predicted molar refractivity (Wildman–Crippen MR) is 99.6 cm³/mol. The van der Waals surface area contributed by atoms with E-state index in [0.717, 1.165) is 25.2 Å². The van der Waals surface area contributed by atoms with Crippen molar-refractivity contribution in [3.63, 3.8) is 0 Å². The van der Waals surface area contributed by atoms with Crippen molar-refractivity contribution < 1.29 is 9.59 Å². The Morgan fingerprint density at radius 1 is 1.08 bits per heavy atom. The van der Waals surface area contributed by atoms with Crippen LogP contribution in [-0.4, -0.2) is 42.4 Å². The lowest BCUT2D eigenvalue weighted by Gasteiger charge is -2.22. The lowest BCUT2D eigenvalue weighted by molar-refractivity contribution is -0.119. The molecule has 0 aromatic heterocycles. The standard InChI is InChI=1S/C20H29N3O2/c1-15(24)21-19-11-12-23(13-19)14-20(25)22-18-9-7-17(8-10-18)16-5-3-2-4-6-16/h7-10,16,19H,2-6,11-14H2,1H3,(H,21,24)(H,22,25). The van der Waals surface area contributed by atoms with Gasteiger partial charge in [-0.05, 0) is 42.9 Å². The highest BCUT2D eigenvalue weighted by atomic mass is 16.2. The Labute approximate surface area is 150 Å². The third-order valence-corrected chi connectivity index (χ3v) is 5.32. The van der Waals surface area contributed by atoms with Crippen LogP contribution in [0.5, 0.6) is 0 Å². The highest BCUT2D eigenvalue weighted by molar-refractivity contribution is 5.92. The summed E-state index contributed by atoms with van der Waals surface area (Å²) in [5.41, 5.74) is 2.26. The molecule has 0 bridgehead atoms. The minimum atomic E-state index is -0.00522. The molecule has 1 heterocycles. The molecule has 1 unspecified atom stereocenters. The third kappa shape index (κ3) is 5.30. The number of carbonyl (C=O) groups is 2. The first-order valence-corrected chi connectivity index (χ1v) is 9.49. The van der Waals surface area contributed by atoms with Crippen molar-refractivity contribution in [1.29, 1.82) is 0 Å². The first kappa shape index (κ1) is 17.9. The molecule has 136 valence electrons. The van der Waals surface area contributed by atoms with Crippen molar-refractivity contribution in [2.75, 3.05) is 25.0 Å². The summed E-state index contributed by atoms with van der Waals surface area (Å²) in [6, 6.07) is 8.53. The number of carbonyl (C=O) groups excluding carboxylic acids is 2. The van der Waals surface area contributed by atoms with E-state index < -0.39 is 0 Å². The fraction of sp³-hybridized carbons (Fsp3) is 0.600. The van der Waals surface area contributed by atoms with Gasteiger partial charge in [0.15, 0.2) is 0 Å². The number of nitrogens with zero attached hydrogens (tertiary/aromatic N) is 1. The van der Waals surface area contributed by atoms with E-state index in [2.05, 4.69) is 27.7 Å². The van der Waals surface area contributed by atoms with Gasteiger partial charge in [0.05, 0.1) is 6.54 Å². The van der Waals surface area contributed by atoms with Crippen LogP contribution in [0, 0.1) is 0 Å². The van der Waals surface area contributed by atoms with Gasteiger partial charge in [-0.1, -0.05) is 31.4 Å². The van der Waals surface area contributed by atoms with Crippen LogP contribution < -0.4 is 10.6 Å². The average molecular weight is 343 g/mol. The molecule has 2 N–H and O–H groups in total. The number of benzene rings is 1. The monoisotopic (exact) mass is 343 g/mol. The summed E-state index contributed by atoms with van der Waals surface area (Å²) in [4.78, 5) is 25.4. The topological polar surface area (TPSA) is 61.4 Å². The summed E-state index contributed by atoms with van der Waals surface area (Å²) < 4.78 is 0. The number of nitrogens with one attached hydrogen (secondary N) is 2. The Morgan fingerprint density at radius 2 is 1.80 bits per heavy atom. The van der Waals surface area contributed by atoms with Crippen LogP contribution in [0.25, 0.3) is 0 Å². The molecule has 1 aromatic rings. The average Bonchev–Trinajstić information content (AvgIpc) is 3.02. The number of likely N-dealkylation sites (tertiary alicyclic amines) is 1. The van der Waals surface area contributed by atoms with Gasteiger partial charge in [0.2, 0.25) is 11.8 Å². The first-order chi connectivity index (χ1) is 12.1. The van der Waals surface area contributed by atoms with E-state index in [0.29, 0.717) is 12.5 Å². The Hall–Kier alpha value is -1.88. The van der Waals surface area contributed by atoms with Crippen molar-refractivity contribution >= 4 is 17.5 Å². The minimum Gasteiger partial charge on any atom is -0.352 e. The second kappa shape index (κ2) is 8.48. The van der Waals surface area contributed by atoms with Gasteiger partial charge in [0.25, 0.3) is 0 Å². The fourth-order valence-electron chi connectivity index (χ4n) is 4.06. The lowest BCUT2D eigenvalue weighted by atomic mass is 9.84. The summed E-state index contributed by atoms with van der Waals surface area (Å²) in [6.45, 7) is 3.50. The predicted octanol–water partition coefficient (Wildman–Crippen LogP) is 2.88. The zero-order valence-electron chi connectivity index (χ0n) is 15.1. The number of rotatable bonds is 5. The smallest absolute Gasteiger partial charge is 0.238 e. The van der Waals surface area contributed by atoms with Gasteiger partial charge in [-0.2, -0.15) is 0 Å². The van der Waals surface area contributed by atoms with Crippen LogP contribution in [0.2, 0.25) is 0 Å². The second-order valence-electron chi connectivity index (χ2n) is 7.43. The zero-order valence-corrected chi connectivity index (χ0v) is 15.1. The normalized spacial score (nSPS) is 21.9. The molecule has 3 rings (SSSR count). The van der Waals surface area contributed by atoms with Gasteiger partial charge >= 0.3 is 0 Å². The van der Waals surface area contributed by atoms with Gasteiger partial charge in [-0.15, -0.1) is 0 Å². The zero-order chi connectivity index (χ0) is 17.6. The summed E-state index contributed by atoms with van der Waals surface area (Å²) in [6.07, 6.45) is 7.51. The van der Waals surface area contributed by atoms with Crippen molar-refractivity contribution in [2.45, 2.75) is 57.4 Å². The van der Waals surface area contributed by atoms with E-state index in [4.69, 9.17) is 0 Å². The maximum Gasteiger partial charge on any atom is 0.238 e. The van der Waals surface area contributed by atoms with Crippen molar-refractivity contribution in [1.82, 2.24) is 10.2 Å². The van der Waals surface area contributed by atoms with Crippen molar-refractivity contribution in [2.24, 2.45) is 0 Å². The molecule has 5 heteroatoms. The third-order valence-electron chi connectivity index (χ3n) is 5.32. The number of hydrogen-bond donors (Lipinski definition) is 2. The van der Waals surface area contributed by atoms with Crippen LogP contribution in [0.1, 0.15) is 56.9 Å². The maximum absolute atomic E-state index is 12.2. The van der Waals surface area contributed by atoms with Crippen LogP contribution in [-0.2, 0) is 9.59 Å². The Kier molecular flexibility index (Phi) is 6.08. The van der Waals surface area contributed by atoms with Gasteiger partial charge in [-0.25, -0.2) is 0 Å². The van der Waals surface area contributed by atoms with Crippen LogP contribution >= 0.6 is 0 Å². The maximum atomic E-state index is 12.2. The quantitative estimate of drug-likeness (QED) is 0.864. The van der Waals surface area contributed by atoms with E-state index in [1.165, 1.54) is 44.6 Å². The van der Waals surface area contributed by atoms with E-state index in [9.17, 15) is 9.59 Å². The summed E-state index contributed by atoms with van der Waals surface area (Å²) in [7, 11) is 0. The molecule has 5 nitrogen and oxygen atoms in total. The summed E-state index contributed by atoms with van der Waals surface area (Å²) in [5, 5.41) is 5.91. The first-order valence-electron chi connectivity index (χ1n) is 9.49. The highest BCUT2D eigenvalue weighted by Gasteiger charge is 2.24. The largest absolute Gasteiger partial charge is 0.352 e. The molecule has 1 aromatic carbocycles. The Balaban J connectivity index is 1.45. The molecule has 1 aliphatic heterocycles. The number of amides is 2. The van der Waals surface area contributed by atoms with Crippen molar-refractivity contribution in [3.8, 4) is 0 Å². The molecule has 1 saturated heterocycles. The molecule has 0 radical (unpaired) electrons. The van der Waals surface area contributed by atoms with Crippen LogP contribution in [0.4, 0.5) is 5.69 Å². The van der Waals surface area contributed by atoms with Gasteiger partial charge in [-0.3, -0.25) is 14.5 Å². The van der Waals surface area contributed by atoms with E-state index in [-0.39, 0.29) is 17.9 Å². The molecule has 1 atom stereocenters. The molecule has 2 aliphatic rings. The van der Waals surface area contributed by atoms with E-state index in [1.54, 1.807) is 0 Å². The molecule has 2 fully saturated rings. The molecular formula is C20H29N3O2. The molecule has 1 aliphatic carbocycles. The van der Waals surface area contributed by atoms with Gasteiger partial charge in [0.1, 0.15) is 0 Å².